The molecule has 2 aromatic heterocycles. The summed E-state index contributed by atoms with van der Waals surface area (Å²) in [5, 5.41) is 14.5. The predicted octanol–water partition coefficient (Wildman–Crippen LogP) is -3.30. The summed E-state index contributed by atoms with van der Waals surface area (Å²) in [6.45, 7) is 0. The topological polar surface area (TPSA) is 167 Å². The number of nitrogens with two attached hydrogens (primary N) is 1. The van der Waals surface area contributed by atoms with Crippen molar-refractivity contribution in [2.45, 2.75) is 22.9 Å². The Kier molecular flexibility index (Phi) is 7.62. The maximum atomic E-state index is 12.9. The smallest absolute Gasteiger partial charge is 0.543 e. The van der Waals surface area contributed by atoms with E-state index in [-0.39, 0.29) is 64.9 Å². The molecule has 0 radical (unpaired) electrons. The first-order valence-electron chi connectivity index (χ1n) is 10.1. The molecule has 1 aromatic carbocycles. The summed E-state index contributed by atoms with van der Waals surface area (Å²) in [7, 11) is 0. The number of hydrogen-bond donors (Lipinski definition) is 2. The maximum absolute atomic E-state index is 12.9. The number of anilines is 1. The molecule has 1 saturated heterocycles. The number of carboxylic acids is 1. The van der Waals surface area contributed by atoms with Crippen LogP contribution in [0.3, 0.4) is 0 Å². The summed E-state index contributed by atoms with van der Waals surface area (Å²) < 4.78 is 0. The zero-order valence-corrected chi connectivity index (χ0v) is 22.0. The van der Waals surface area contributed by atoms with Crippen LogP contribution in [0.4, 0.5) is 5.95 Å². The molecule has 172 valence electrons. The van der Waals surface area contributed by atoms with Gasteiger partial charge in [-0.3, -0.25) is 14.5 Å². The molecule has 3 aromatic rings. The molecule has 4 heterocycles. The van der Waals surface area contributed by atoms with Crippen molar-refractivity contribution in [3.63, 3.8) is 0 Å². The first-order chi connectivity index (χ1) is 16.4. The Morgan fingerprint density at radius 2 is 1.94 bits per heavy atom. The van der Waals surface area contributed by atoms with Crippen LogP contribution in [0.25, 0.3) is 11.2 Å². The number of benzene rings is 1. The molecule has 0 saturated carbocycles. The number of nitrogen functional groups attached to an aromatic ring is 1. The third kappa shape index (κ3) is 5.00. The molecule has 35 heavy (non-hydrogen) atoms. The van der Waals surface area contributed by atoms with Crippen molar-refractivity contribution >= 4 is 58.4 Å². The molecule has 2 amide bonds. The Labute approximate surface area is 229 Å². The van der Waals surface area contributed by atoms with Crippen LogP contribution in [-0.2, 0) is 20.8 Å². The van der Waals surface area contributed by atoms with Crippen LogP contribution in [0.1, 0.15) is 5.56 Å². The standard InChI is InChI=1S/C21H17N7O4S2.Na/c22-21-26-16-13(23-6-7-24-16)17(27-21)34-11-9-33-19-14(18(30)28(19)15(11)20(31)32)25-12(29)8-10-4-2-1-3-5-10;/h1-7,14,19H,8-9H2,(H,25,29)(H,31,32)(H2,22,24,26,27);/q;+1/p-1/t14?,19-;/m1./s1. The van der Waals surface area contributed by atoms with Crippen molar-refractivity contribution in [3.05, 3.63) is 58.9 Å². The van der Waals surface area contributed by atoms with Gasteiger partial charge in [0.15, 0.2) is 5.65 Å². The normalized spacial score (nSPS) is 19.0. The quantitative estimate of drug-likeness (QED) is 0.191. The van der Waals surface area contributed by atoms with Crippen LogP contribution in [0.5, 0.6) is 0 Å². The number of fused-ring (bicyclic) bond motifs is 2. The van der Waals surface area contributed by atoms with E-state index in [4.69, 9.17) is 5.73 Å². The molecule has 2 atom stereocenters. The van der Waals surface area contributed by atoms with E-state index in [2.05, 4.69) is 25.3 Å². The SMILES string of the molecule is Nc1nc(SC2=C(C(=O)[O-])N3C(=O)C(NC(=O)Cc4ccccc4)[C@H]3SC2)c2nccnc2n1.[Na+]. The van der Waals surface area contributed by atoms with E-state index in [0.29, 0.717) is 15.4 Å². The summed E-state index contributed by atoms with van der Waals surface area (Å²) in [4.78, 5) is 55.4. The molecule has 2 aliphatic rings. The Morgan fingerprint density at radius 1 is 1.20 bits per heavy atom. The van der Waals surface area contributed by atoms with Gasteiger partial charge in [-0.05, 0) is 5.56 Å². The number of rotatable bonds is 6. The average molecular weight is 518 g/mol. The molecule has 5 rings (SSSR count). The van der Waals surface area contributed by atoms with Gasteiger partial charge in [-0.15, -0.1) is 11.8 Å². The van der Waals surface area contributed by atoms with Crippen molar-refractivity contribution in [2.24, 2.45) is 0 Å². The van der Waals surface area contributed by atoms with E-state index >= 15 is 0 Å². The van der Waals surface area contributed by atoms with Crippen molar-refractivity contribution in [2.75, 3.05) is 11.5 Å². The van der Waals surface area contributed by atoms with Gasteiger partial charge in [0.05, 0.1) is 18.1 Å². The van der Waals surface area contributed by atoms with E-state index in [0.717, 1.165) is 22.2 Å². The second-order valence-electron chi connectivity index (χ2n) is 7.39. The van der Waals surface area contributed by atoms with Crippen molar-refractivity contribution in [3.8, 4) is 0 Å². The minimum absolute atomic E-state index is 0. The molecule has 1 fully saturated rings. The molecule has 11 nitrogen and oxygen atoms in total. The Hall–Kier alpha value is -2.71. The number of carbonyl (C=O) groups is 3. The van der Waals surface area contributed by atoms with Gasteiger partial charge in [-0.2, -0.15) is 4.98 Å². The molecule has 0 aliphatic carbocycles. The van der Waals surface area contributed by atoms with E-state index in [1.54, 1.807) is 0 Å². The molecule has 14 heteroatoms. The Balaban J connectivity index is 0.00000289. The largest absolute Gasteiger partial charge is 1.00 e. The number of carboxylic acid groups (broad SMARTS) is 1. The number of aromatic nitrogens is 4. The second-order valence-corrected chi connectivity index (χ2v) is 9.58. The molecule has 2 aliphatic heterocycles. The predicted molar refractivity (Wildman–Crippen MR) is 123 cm³/mol. The monoisotopic (exact) mass is 517 g/mol. The van der Waals surface area contributed by atoms with Gasteiger partial charge < -0.3 is 21.0 Å². The molecule has 0 bridgehead atoms. The third-order valence-corrected chi connectivity index (χ3v) is 7.71. The number of thioether (sulfide) groups is 2. The number of amides is 2. The number of nitrogens with zero attached hydrogens (tertiary/aromatic N) is 5. The average Bonchev–Trinajstić information content (AvgIpc) is 2.82. The van der Waals surface area contributed by atoms with E-state index < -0.39 is 23.3 Å². The molecular weight excluding hydrogens is 501 g/mol. The number of aliphatic carboxylic acids is 1. The molecular formula is C21H16N7NaO4S2. The van der Waals surface area contributed by atoms with Crippen molar-refractivity contribution in [1.82, 2.24) is 30.2 Å². The summed E-state index contributed by atoms with van der Waals surface area (Å²) >= 11 is 2.37. The van der Waals surface area contributed by atoms with Gasteiger partial charge in [0.2, 0.25) is 11.9 Å². The molecule has 1 unspecified atom stereocenters. The minimum atomic E-state index is -1.49. The van der Waals surface area contributed by atoms with Gasteiger partial charge in [0.25, 0.3) is 5.91 Å². The van der Waals surface area contributed by atoms with Crippen LogP contribution < -0.4 is 45.7 Å². The van der Waals surface area contributed by atoms with Crippen LogP contribution in [0.15, 0.2) is 58.4 Å². The number of hydrogen-bond acceptors (Lipinski definition) is 11. The third-order valence-electron chi connectivity index (χ3n) is 5.19. The number of β-lactam (4-membered cyclic amide) rings is 1. The van der Waals surface area contributed by atoms with Crippen molar-refractivity contribution in [1.29, 1.82) is 0 Å². The van der Waals surface area contributed by atoms with E-state index in [1.165, 1.54) is 24.2 Å². The van der Waals surface area contributed by atoms with Gasteiger partial charge in [0.1, 0.15) is 22.0 Å². The molecule has 3 N–H and O–H groups in total. The van der Waals surface area contributed by atoms with Gasteiger partial charge in [0, 0.05) is 23.1 Å². The van der Waals surface area contributed by atoms with Crippen LogP contribution in [0, 0.1) is 0 Å². The van der Waals surface area contributed by atoms with Crippen LogP contribution >= 0.6 is 23.5 Å². The van der Waals surface area contributed by atoms with Crippen LogP contribution in [-0.4, -0.2) is 59.8 Å². The summed E-state index contributed by atoms with van der Waals surface area (Å²) in [6, 6.07) is 8.32. The minimum Gasteiger partial charge on any atom is -0.543 e. The number of carbonyl (C=O) groups excluding carboxylic acids is 3. The summed E-state index contributed by atoms with van der Waals surface area (Å²) in [5.74, 6) is -2.09. The van der Waals surface area contributed by atoms with E-state index in [1.807, 2.05) is 30.3 Å². The zero-order chi connectivity index (χ0) is 23.8. The molecule has 0 spiro atoms. The van der Waals surface area contributed by atoms with Crippen molar-refractivity contribution < 1.29 is 49.0 Å². The fourth-order valence-electron chi connectivity index (χ4n) is 3.71. The van der Waals surface area contributed by atoms with E-state index in [9.17, 15) is 19.5 Å². The Morgan fingerprint density at radius 3 is 2.69 bits per heavy atom. The second kappa shape index (κ2) is 10.5. The fraction of sp³-hybridized carbons (Fsp3) is 0.190. The zero-order valence-electron chi connectivity index (χ0n) is 18.4. The summed E-state index contributed by atoms with van der Waals surface area (Å²) in [5.41, 5.74) is 6.97. The maximum Gasteiger partial charge on any atom is 1.00 e. The van der Waals surface area contributed by atoms with Gasteiger partial charge in [-0.1, -0.05) is 42.1 Å². The van der Waals surface area contributed by atoms with Gasteiger partial charge >= 0.3 is 29.6 Å². The Bertz CT molecular complexity index is 1360. The fourth-order valence-corrected chi connectivity index (χ4v) is 6.23. The number of nitrogens with one attached hydrogen (secondary N) is 1. The van der Waals surface area contributed by atoms with Crippen LogP contribution in [0.2, 0.25) is 0 Å². The van der Waals surface area contributed by atoms with Gasteiger partial charge in [-0.25, -0.2) is 15.0 Å². The summed E-state index contributed by atoms with van der Waals surface area (Å²) in [6.07, 6.45) is 3.05. The first-order valence-corrected chi connectivity index (χ1v) is 11.9. The first kappa shape index (κ1) is 25.4.